The van der Waals surface area contributed by atoms with Gasteiger partial charge < -0.3 is 9.84 Å². The lowest BCUT2D eigenvalue weighted by Gasteiger charge is -2.14. The van der Waals surface area contributed by atoms with Gasteiger partial charge in [0.1, 0.15) is 23.1 Å². The van der Waals surface area contributed by atoms with Crippen LogP contribution in [-0.2, 0) is 19.4 Å². The molecule has 0 fully saturated rings. The number of para-hydroxylation sites is 1. The van der Waals surface area contributed by atoms with Crippen LogP contribution in [0.2, 0.25) is 0 Å². The Morgan fingerprint density at radius 2 is 1.82 bits per heavy atom. The second-order valence-corrected chi connectivity index (χ2v) is 9.14. The molecule has 2 aromatic carbocycles. The summed E-state index contributed by atoms with van der Waals surface area (Å²) >= 11 is 0. The van der Waals surface area contributed by atoms with Crippen molar-refractivity contribution >= 4 is 10.9 Å². The highest BCUT2D eigenvalue weighted by Crippen LogP contribution is 2.40. The number of aromatic hydroxyl groups is 1. The molecule has 1 aliphatic rings. The zero-order valence-corrected chi connectivity index (χ0v) is 18.7. The van der Waals surface area contributed by atoms with Gasteiger partial charge in [-0.3, -0.25) is 4.68 Å². The number of ether oxygens (including phenoxy) is 1. The van der Waals surface area contributed by atoms with Crippen molar-refractivity contribution in [2.75, 3.05) is 6.61 Å². The van der Waals surface area contributed by atoms with E-state index in [-0.39, 0.29) is 29.2 Å². The highest BCUT2D eigenvalue weighted by Gasteiger charge is 2.33. The van der Waals surface area contributed by atoms with Crippen LogP contribution in [0.5, 0.6) is 11.6 Å². The summed E-state index contributed by atoms with van der Waals surface area (Å²) in [4.78, 5) is 9.03. The third-order valence-electron chi connectivity index (χ3n) is 5.98. The average molecular weight is 450 g/mol. The summed E-state index contributed by atoms with van der Waals surface area (Å²) < 4.78 is 36.2. The maximum atomic E-state index is 14.7. The summed E-state index contributed by atoms with van der Waals surface area (Å²) in [5.41, 5.74) is 2.61. The van der Waals surface area contributed by atoms with Crippen LogP contribution in [0.15, 0.2) is 36.4 Å². The first-order chi connectivity index (χ1) is 15.8. The molecule has 2 aromatic heterocycles. The summed E-state index contributed by atoms with van der Waals surface area (Å²) in [6, 6.07) is 9.73. The number of fused-ring (bicyclic) bond motifs is 2. The van der Waals surface area contributed by atoms with Gasteiger partial charge in [-0.1, -0.05) is 32.0 Å². The molecule has 0 bridgehead atoms. The normalized spacial score (nSPS) is 14.6. The maximum Gasteiger partial charge on any atom is 0.218 e. The van der Waals surface area contributed by atoms with Crippen LogP contribution in [0.4, 0.5) is 8.78 Å². The van der Waals surface area contributed by atoms with E-state index in [4.69, 9.17) is 9.72 Å². The lowest BCUT2D eigenvalue weighted by Crippen LogP contribution is -2.09. The van der Waals surface area contributed by atoms with Gasteiger partial charge >= 0.3 is 0 Å². The van der Waals surface area contributed by atoms with E-state index in [1.54, 1.807) is 6.92 Å². The second-order valence-electron chi connectivity index (χ2n) is 9.14. The van der Waals surface area contributed by atoms with Gasteiger partial charge in [0.05, 0.1) is 24.4 Å². The van der Waals surface area contributed by atoms with Gasteiger partial charge in [0.2, 0.25) is 5.88 Å². The molecule has 8 heteroatoms. The summed E-state index contributed by atoms with van der Waals surface area (Å²) in [6.07, 6.45) is 1.44. The molecule has 0 radical (unpaired) electrons. The smallest absolute Gasteiger partial charge is 0.218 e. The number of halogens is 2. The molecule has 0 atom stereocenters. The van der Waals surface area contributed by atoms with Crippen molar-refractivity contribution in [1.82, 2.24) is 19.7 Å². The van der Waals surface area contributed by atoms with Crippen molar-refractivity contribution in [3.8, 4) is 23.1 Å². The predicted octanol–water partition coefficient (Wildman–Crippen LogP) is 5.05. The molecule has 0 spiro atoms. The minimum atomic E-state index is -0.701. The fraction of sp³-hybridized carbons (Fsp3) is 0.320. The zero-order valence-electron chi connectivity index (χ0n) is 18.7. The Morgan fingerprint density at radius 1 is 1.09 bits per heavy atom. The summed E-state index contributed by atoms with van der Waals surface area (Å²) in [5.74, 6) is -0.997. The minimum Gasteiger partial charge on any atom is -0.494 e. The van der Waals surface area contributed by atoms with E-state index in [1.165, 1.54) is 16.8 Å². The highest BCUT2D eigenvalue weighted by atomic mass is 19.1. The largest absolute Gasteiger partial charge is 0.494 e. The van der Waals surface area contributed by atoms with E-state index in [0.717, 1.165) is 23.1 Å². The molecule has 0 aliphatic heterocycles. The third-order valence-corrected chi connectivity index (χ3v) is 5.98. The first-order valence-corrected chi connectivity index (χ1v) is 10.9. The van der Waals surface area contributed by atoms with Crippen LogP contribution < -0.4 is 4.74 Å². The Balaban J connectivity index is 1.59. The number of hydrogen-bond donors (Lipinski definition) is 1. The van der Waals surface area contributed by atoms with Crippen molar-refractivity contribution in [1.29, 1.82) is 0 Å². The van der Waals surface area contributed by atoms with Crippen molar-refractivity contribution < 1.29 is 18.6 Å². The van der Waals surface area contributed by atoms with Crippen LogP contribution in [0, 0.1) is 17.0 Å². The van der Waals surface area contributed by atoms with Gasteiger partial charge in [0, 0.05) is 28.6 Å². The number of hydrogen-bond acceptors (Lipinski definition) is 5. The number of benzene rings is 2. The minimum absolute atomic E-state index is 0.00273. The van der Waals surface area contributed by atoms with Crippen molar-refractivity contribution in [2.24, 2.45) is 5.41 Å². The van der Waals surface area contributed by atoms with E-state index in [2.05, 4.69) is 23.9 Å². The summed E-state index contributed by atoms with van der Waals surface area (Å²) in [7, 11) is 0. The monoisotopic (exact) mass is 450 g/mol. The SMILES string of the molecule is CCOc1cc(F)c(Cn2nc(-c3nc(O)c4c(n3)CC(C)(C)C4)c3ccccc32)c(F)c1. The fourth-order valence-corrected chi connectivity index (χ4v) is 4.49. The van der Waals surface area contributed by atoms with E-state index in [1.807, 2.05) is 24.3 Å². The van der Waals surface area contributed by atoms with Gasteiger partial charge in [-0.05, 0) is 31.2 Å². The molecule has 1 N–H and O–H groups in total. The van der Waals surface area contributed by atoms with Gasteiger partial charge in [-0.2, -0.15) is 10.1 Å². The van der Waals surface area contributed by atoms with Crippen LogP contribution in [0.1, 0.15) is 37.6 Å². The van der Waals surface area contributed by atoms with Crippen molar-refractivity contribution in [3.63, 3.8) is 0 Å². The molecule has 5 rings (SSSR count). The van der Waals surface area contributed by atoms with E-state index in [9.17, 15) is 13.9 Å². The summed E-state index contributed by atoms with van der Waals surface area (Å²) in [5, 5.41) is 15.9. The second kappa shape index (κ2) is 7.79. The molecule has 4 aromatic rings. The Labute approximate surface area is 189 Å². The molecule has 0 saturated heterocycles. The highest BCUT2D eigenvalue weighted by molar-refractivity contribution is 5.91. The molecular formula is C25H24F2N4O2. The molecule has 6 nitrogen and oxygen atoms in total. The van der Waals surface area contributed by atoms with Crippen molar-refractivity contribution in [2.45, 2.75) is 40.2 Å². The van der Waals surface area contributed by atoms with E-state index < -0.39 is 11.6 Å². The summed E-state index contributed by atoms with van der Waals surface area (Å²) in [6.45, 7) is 6.20. The quantitative estimate of drug-likeness (QED) is 0.461. The average Bonchev–Trinajstić information content (AvgIpc) is 3.27. The first-order valence-electron chi connectivity index (χ1n) is 10.9. The Hall–Kier alpha value is -3.55. The molecule has 0 unspecified atom stereocenters. The number of aromatic nitrogens is 4. The maximum absolute atomic E-state index is 14.7. The van der Waals surface area contributed by atoms with Crippen LogP contribution in [0.3, 0.4) is 0 Å². The standard InChI is InChI=1S/C25H24F2N4O2/c1-4-33-14-9-18(26)17(19(27)10-14)13-31-21-8-6-5-7-15(21)22(30-31)23-28-20-12-25(2,3)11-16(20)24(32)29-23/h5-10H,4,11-13H2,1-3H3,(H,28,29,32). The van der Waals surface area contributed by atoms with Crippen LogP contribution in [-0.4, -0.2) is 31.5 Å². The van der Waals surface area contributed by atoms with Gasteiger partial charge in [-0.25, -0.2) is 13.8 Å². The number of rotatable bonds is 5. The number of nitrogens with zero attached hydrogens (tertiary/aromatic N) is 4. The van der Waals surface area contributed by atoms with E-state index >= 15 is 0 Å². The van der Waals surface area contributed by atoms with Gasteiger partial charge in [0.15, 0.2) is 5.82 Å². The third kappa shape index (κ3) is 3.79. The lowest BCUT2D eigenvalue weighted by molar-refractivity contribution is 0.335. The predicted molar refractivity (Wildman–Crippen MR) is 120 cm³/mol. The topological polar surface area (TPSA) is 73.1 Å². The van der Waals surface area contributed by atoms with Gasteiger partial charge in [0.25, 0.3) is 0 Å². The molecular weight excluding hydrogens is 426 g/mol. The molecule has 1 aliphatic carbocycles. The molecule has 2 heterocycles. The first kappa shape index (κ1) is 21.3. The Kier molecular flexibility index (Phi) is 5.03. The molecule has 0 amide bonds. The molecule has 0 saturated carbocycles. The lowest BCUT2D eigenvalue weighted by atomic mass is 9.91. The molecule has 33 heavy (non-hydrogen) atoms. The van der Waals surface area contributed by atoms with Crippen LogP contribution in [0.25, 0.3) is 22.4 Å². The van der Waals surface area contributed by atoms with E-state index in [0.29, 0.717) is 30.1 Å². The van der Waals surface area contributed by atoms with Crippen molar-refractivity contribution in [3.05, 3.63) is 64.9 Å². The van der Waals surface area contributed by atoms with Crippen LogP contribution >= 0.6 is 0 Å². The fourth-order valence-electron chi connectivity index (χ4n) is 4.49. The van der Waals surface area contributed by atoms with Gasteiger partial charge in [-0.15, -0.1) is 0 Å². The Bertz CT molecular complexity index is 1360. The Morgan fingerprint density at radius 3 is 2.55 bits per heavy atom. The zero-order chi connectivity index (χ0) is 23.3. The molecule has 170 valence electrons.